The molecule has 0 aromatic carbocycles. The molecule has 0 aromatic heterocycles. The Bertz CT molecular complexity index is 164. The number of amides is 2. The van der Waals surface area contributed by atoms with Crippen LogP contribution < -0.4 is 10.6 Å². The van der Waals surface area contributed by atoms with Gasteiger partial charge >= 0.3 is 0 Å². The molecular weight excluding hydrogens is 170 g/mol. The predicted octanol–water partition coefficient (Wildman–Crippen LogP) is -0.504. The van der Waals surface area contributed by atoms with E-state index in [1.54, 1.807) is 0 Å². The van der Waals surface area contributed by atoms with Crippen LogP contribution in [0.5, 0.6) is 0 Å². The van der Waals surface area contributed by atoms with Crippen LogP contribution in [-0.2, 0) is 9.59 Å². The van der Waals surface area contributed by atoms with E-state index in [0.717, 1.165) is 6.54 Å². The molecule has 76 valence electrons. The molecule has 0 unspecified atom stereocenters. The van der Waals surface area contributed by atoms with Crippen molar-refractivity contribution < 1.29 is 9.59 Å². The highest BCUT2D eigenvalue weighted by Gasteiger charge is 2.02. The number of carbonyl (C=O) groups is 2. The molecule has 0 aromatic rings. The predicted molar refractivity (Wildman–Crippen MR) is 49.7 cm³/mol. The molecule has 0 saturated carbocycles. The maximum atomic E-state index is 10.6. The Labute approximate surface area is 78.5 Å². The number of hydrogen-bond donors (Lipinski definition) is 2. The lowest BCUT2D eigenvalue weighted by Crippen LogP contribution is -2.42. The maximum Gasteiger partial charge on any atom is 0.217 e. The van der Waals surface area contributed by atoms with Gasteiger partial charge in [-0.2, -0.15) is 0 Å². The van der Waals surface area contributed by atoms with E-state index in [9.17, 15) is 9.59 Å². The fraction of sp³-hybridized carbons (Fsp3) is 0.750. The number of hydrogen-bond acceptors (Lipinski definition) is 3. The molecule has 0 bridgehead atoms. The molecule has 2 N–H and O–H groups in total. The average Bonchev–Trinajstić information content (AvgIpc) is 2.04. The average molecular weight is 187 g/mol. The third kappa shape index (κ3) is 7.27. The monoisotopic (exact) mass is 187 g/mol. The van der Waals surface area contributed by atoms with Crippen LogP contribution in [0.2, 0.25) is 0 Å². The van der Waals surface area contributed by atoms with Crippen molar-refractivity contribution in [1.29, 1.82) is 0 Å². The second-order valence-electron chi connectivity index (χ2n) is 2.77. The van der Waals surface area contributed by atoms with Crippen LogP contribution in [0.25, 0.3) is 0 Å². The zero-order valence-electron chi connectivity index (χ0n) is 8.39. The molecule has 0 aliphatic carbocycles. The van der Waals surface area contributed by atoms with Gasteiger partial charge in [-0.15, -0.1) is 0 Å². The molecule has 0 aliphatic rings. The van der Waals surface area contributed by atoms with Gasteiger partial charge in [-0.25, -0.2) is 0 Å². The first-order chi connectivity index (χ1) is 6.06. The van der Waals surface area contributed by atoms with E-state index in [1.807, 2.05) is 11.8 Å². The van der Waals surface area contributed by atoms with Crippen LogP contribution in [0, 0.1) is 0 Å². The van der Waals surface area contributed by atoms with Gasteiger partial charge in [0.2, 0.25) is 11.8 Å². The van der Waals surface area contributed by atoms with Gasteiger partial charge in [0.1, 0.15) is 0 Å². The van der Waals surface area contributed by atoms with Crippen molar-refractivity contribution in [2.45, 2.75) is 20.8 Å². The smallest absolute Gasteiger partial charge is 0.217 e. The maximum absolute atomic E-state index is 10.6. The van der Waals surface area contributed by atoms with Gasteiger partial charge in [0.25, 0.3) is 0 Å². The Morgan fingerprint density at radius 3 is 1.69 bits per heavy atom. The summed E-state index contributed by atoms with van der Waals surface area (Å²) < 4.78 is 0. The van der Waals surface area contributed by atoms with Gasteiger partial charge in [0.15, 0.2) is 0 Å². The first-order valence-corrected chi connectivity index (χ1v) is 4.27. The highest BCUT2D eigenvalue weighted by atomic mass is 16.2. The van der Waals surface area contributed by atoms with Crippen LogP contribution in [0.1, 0.15) is 20.8 Å². The van der Waals surface area contributed by atoms with Crippen LogP contribution in [0.3, 0.4) is 0 Å². The molecule has 0 fully saturated rings. The van der Waals surface area contributed by atoms with E-state index in [1.165, 1.54) is 13.8 Å². The molecule has 13 heavy (non-hydrogen) atoms. The normalized spacial score (nSPS) is 9.85. The Morgan fingerprint density at radius 2 is 1.46 bits per heavy atom. The largest absolute Gasteiger partial charge is 0.344 e. The lowest BCUT2D eigenvalue weighted by molar-refractivity contribution is -0.119. The summed E-state index contributed by atoms with van der Waals surface area (Å²) in [6, 6.07) is 0. The molecule has 0 atom stereocenters. The molecule has 0 aliphatic heterocycles. The molecule has 5 nitrogen and oxygen atoms in total. The zero-order valence-corrected chi connectivity index (χ0v) is 8.39. The van der Waals surface area contributed by atoms with Crippen molar-refractivity contribution in [3.63, 3.8) is 0 Å². The van der Waals surface area contributed by atoms with Gasteiger partial charge in [-0.05, 0) is 6.54 Å². The van der Waals surface area contributed by atoms with Crippen LogP contribution in [0.15, 0.2) is 0 Å². The van der Waals surface area contributed by atoms with Gasteiger partial charge in [-0.3, -0.25) is 14.5 Å². The summed E-state index contributed by atoms with van der Waals surface area (Å²) in [6.07, 6.45) is 0. The van der Waals surface area contributed by atoms with E-state index >= 15 is 0 Å². The summed E-state index contributed by atoms with van der Waals surface area (Å²) in [5, 5.41) is 5.31. The van der Waals surface area contributed by atoms with Crippen molar-refractivity contribution in [3.05, 3.63) is 0 Å². The minimum absolute atomic E-state index is 0.0683. The standard InChI is InChI=1S/C8H17N3O2/c1-4-11(5-9-7(2)12)6-10-8(3)13/h4-6H2,1-3H3,(H,9,12)(H,10,13). The van der Waals surface area contributed by atoms with Crippen molar-refractivity contribution in [2.75, 3.05) is 19.9 Å². The summed E-state index contributed by atoms with van der Waals surface area (Å²) in [5.41, 5.74) is 0. The lowest BCUT2D eigenvalue weighted by atomic mass is 10.6. The quantitative estimate of drug-likeness (QED) is 0.570. The minimum atomic E-state index is -0.0683. The zero-order chi connectivity index (χ0) is 10.3. The molecule has 0 spiro atoms. The number of nitrogens with zero attached hydrogens (tertiary/aromatic N) is 1. The van der Waals surface area contributed by atoms with E-state index < -0.39 is 0 Å². The Kier molecular flexibility index (Phi) is 5.88. The van der Waals surface area contributed by atoms with Crippen molar-refractivity contribution in [2.24, 2.45) is 0 Å². The van der Waals surface area contributed by atoms with Crippen LogP contribution in [0.4, 0.5) is 0 Å². The summed E-state index contributed by atoms with van der Waals surface area (Å²) in [5.74, 6) is -0.137. The SMILES string of the molecule is CCN(CNC(C)=O)CNC(C)=O. The van der Waals surface area contributed by atoms with Gasteiger partial charge in [0, 0.05) is 13.8 Å². The molecule has 0 saturated heterocycles. The topological polar surface area (TPSA) is 61.4 Å². The minimum Gasteiger partial charge on any atom is -0.344 e. The second kappa shape index (κ2) is 6.42. The highest BCUT2D eigenvalue weighted by Crippen LogP contribution is 1.81. The Morgan fingerprint density at radius 1 is 1.08 bits per heavy atom. The van der Waals surface area contributed by atoms with Crippen LogP contribution in [-0.4, -0.2) is 36.6 Å². The van der Waals surface area contributed by atoms with Crippen molar-refractivity contribution in [3.8, 4) is 0 Å². The molecular formula is C8H17N3O2. The van der Waals surface area contributed by atoms with E-state index in [0.29, 0.717) is 13.3 Å². The molecule has 0 rings (SSSR count). The highest BCUT2D eigenvalue weighted by molar-refractivity contribution is 5.73. The Balaban J connectivity index is 3.63. The molecule has 2 amide bonds. The summed E-state index contributed by atoms with van der Waals surface area (Å²) in [4.78, 5) is 23.1. The first-order valence-electron chi connectivity index (χ1n) is 4.27. The summed E-state index contributed by atoms with van der Waals surface area (Å²) in [6.45, 7) is 6.60. The summed E-state index contributed by atoms with van der Waals surface area (Å²) >= 11 is 0. The van der Waals surface area contributed by atoms with E-state index in [-0.39, 0.29) is 11.8 Å². The number of carbonyl (C=O) groups excluding carboxylic acids is 2. The lowest BCUT2D eigenvalue weighted by Gasteiger charge is -2.20. The van der Waals surface area contributed by atoms with E-state index in [4.69, 9.17) is 0 Å². The third-order valence-corrected chi connectivity index (χ3v) is 1.55. The van der Waals surface area contributed by atoms with Gasteiger partial charge in [0.05, 0.1) is 13.3 Å². The molecule has 5 heteroatoms. The van der Waals surface area contributed by atoms with Gasteiger partial charge in [-0.1, -0.05) is 6.92 Å². The number of rotatable bonds is 5. The fourth-order valence-corrected chi connectivity index (χ4v) is 0.726. The summed E-state index contributed by atoms with van der Waals surface area (Å²) in [7, 11) is 0. The van der Waals surface area contributed by atoms with Crippen molar-refractivity contribution in [1.82, 2.24) is 15.5 Å². The van der Waals surface area contributed by atoms with E-state index in [2.05, 4.69) is 10.6 Å². The first kappa shape index (κ1) is 11.9. The second-order valence-corrected chi connectivity index (χ2v) is 2.77. The number of nitrogens with one attached hydrogen (secondary N) is 2. The van der Waals surface area contributed by atoms with Crippen molar-refractivity contribution >= 4 is 11.8 Å². The third-order valence-electron chi connectivity index (χ3n) is 1.55. The molecule has 0 radical (unpaired) electrons. The molecule has 0 heterocycles. The fourth-order valence-electron chi connectivity index (χ4n) is 0.726. The van der Waals surface area contributed by atoms with Crippen LogP contribution >= 0.6 is 0 Å². The van der Waals surface area contributed by atoms with Gasteiger partial charge < -0.3 is 10.6 Å². The Hall–Kier alpha value is -1.10.